The summed E-state index contributed by atoms with van der Waals surface area (Å²) in [6.45, 7) is 7.30. The number of aromatic hydroxyl groups is 1. The van der Waals surface area contributed by atoms with Crippen LogP contribution in [0.15, 0.2) is 18.2 Å². The zero-order chi connectivity index (χ0) is 14.4. The molecule has 20 heavy (non-hydrogen) atoms. The summed E-state index contributed by atoms with van der Waals surface area (Å²) in [5, 5.41) is 13.1. The van der Waals surface area contributed by atoms with Crippen LogP contribution in [0, 0.1) is 5.92 Å². The third-order valence-electron chi connectivity index (χ3n) is 3.81. The van der Waals surface area contributed by atoms with Gasteiger partial charge < -0.3 is 19.9 Å². The second-order valence-electron chi connectivity index (χ2n) is 5.23. The summed E-state index contributed by atoms with van der Waals surface area (Å²) in [5.74, 6) is 1.37. The Bertz CT molecular complexity index is 422. The predicted octanol–water partition coefficient (Wildman–Crippen LogP) is 2.70. The minimum absolute atomic E-state index is 0.200. The van der Waals surface area contributed by atoms with Crippen molar-refractivity contribution in [1.82, 2.24) is 5.32 Å². The second-order valence-corrected chi connectivity index (χ2v) is 5.23. The summed E-state index contributed by atoms with van der Waals surface area (Å²) in [6, 6.07) is 5.51. The molecule has 1 heterocycles. The number of benzene rings is 1. The van der Waals surface area contributed by atoms with Gasteiger partial charge in [-0.05, 0) is 43.4 Å². The zero-order valence-corrected chi connectivity index (χ0v) is 12.4. The molecule has 2 N–H and O–H groups in total. The lowest BCUT2D eigenvalue weighted by Gasteiger charge is -2.17. The van der Waals surface area contributed by atoms with Crippen LogP contribution in [0.1, 0.15) is 32.3 Å². The van der Waals surface area contributed by atoms with Crippen LogP contribution in [0.4, 0.5) is 0 Å². The van der Waals surface area contributed by atoms with Gasteiger partial charge in [0.1, 0.15) is 0 Å². The van der Waals surface area contributed by atoms with Gasteiger partial charge in [0.2, 0.25) is 0 Å². The minimum atomic E-state index is 0.200. The molecule has 0 aliphatic carbocycles. The number of hydrogen-bond acceptors (Lipinski definition) is 4. The summed E-state index contributed by atoms with van der Waals surface area (Å²) in [6.07, 6.45) is 2.63. The van der Waals surface area contributed by atoms with Crippen LogP contribution in [-0.4, -0.2) is 31.0 Å². The van der Waals surface area contributed by atoms with Gasteiger partial charge in [-0.1, -0.05) is 13.0 Å². The average molecular weight is 279 g/mol. The molecular formula is C16H25NO3. The Hall–Kier alpha value is -1.26. The Labute approximate surface area is 121 Å². The van der Waals surface area contributed by atoms with Gasteiger partial charge in [0.05, 0.1) is 12.7 Å². The van der Waals surface area contributed by atoms with Crippen molar-refractivity contribution in [2.45, 2.75) is 39.3 Å². The fraction of sp³-hybridized carbons (Fsp3) is 0.625. The van der Waals surface area contributed by atoms with Gasteiger partial charge >= 0.3 is 0 Å². The largest absolute Gasteiger partial charge is 0.504 e. The topological polar surface area (TPSA) is 50.7 Å². The molecule has 0 spiro atoms. The van der Waals surface area contributed by atoms with E-state index in [9.17, 15) is 5.11 Å². The first-order valence-corrected chi connectivity index (χ1v) is 7.51. The van der Waals surface area contributed by atoms with Crippen LogP contribution in [0.25, 0.3) is 0 Å². The maximum atomic E-state index is 9.67. The lowest BCUT2D eigenvalue weighted by atomic mass is 9.99. The third kappa shape index (κ3) is 3.87. The summed E-state index contributed by atoms with van der Waals surface area (Å²) < 4.78 is 11.1. The average Bonchev–Trinajstić information content (AvgIpc) is 2.90. The maximum absolute atomic E-state index is 9.67. The van der Waals surface area contributed by atoms with Gasteiger partial charge in [-0.25, -0.2) is 0 Å². The molecule has 0 bridgehead atoms. The standard InChI is InChI=1S/C16H25NO3/c1-3-15-13(7-8-20-15)11-17-10-12-5-6-14(18)16(9-12)19-4-2/h5-6,9,13,15,17-18H,3-4,7-8,10-11H2,1-2H3. The van der Waals surface area contributed by atoms with Crippen molar-refractivity contribution in [3.05, 3.63) is 23.8 Å². The molecule has 4 nitrogen and oxygen atoms in total. The van der Waals surface area contributed by atoms with Crippen LogP contribution in [-0.2, 0) is 11.3 Å². The molecule has 1 aliphatic heterocycles. The van der Waals surface area contributed by atoms with E-state index in [0.29, 0.717) is 24.4 Å². The van der Waals surface area contributed by atoms with Crippen LogP contribution in [0.2, 0.25) is 0 Å². The lowest BCUT2D eigenvalue weighted by molar-refractivity contribution is 0.0872. The number of hydrogen-bond donors (Lipinski definition) is 2. The zero-order valence-electron chi connectivity index (χ0n) is 12.4. The Balaban J connectivity index is 1.83. The van der Waals surface area contributed by atoms with Crippen molar-refractivity contribution in [2.75, 3.05) is 19.8 Å². The SMILES string of the molecule is CCOc1cc(CNCC2CCOC2CC)ccc1O. The van der Waals surface area contributed by atoms with Crippen LogP contribution < -0.4 is 10.1 Å². The molecule has 0 radical (unpaired) electrons. The summed E-state index contributed by atoms with van der Waals surface area (Å²) in [4.78, 5) is 0. The minimum Gasteiger partial charge on any atom is -0.504 e. The molecule has 2 atom stereocenters. The summed E-state index contributed by atoms with van der Waals surface area (Å²) >= 11 is 0. The smallest absolute Gasteiger partial charge is 0.161 e. The summed E-state index contributed by atoms with van der Waals surface area (Å²) in [7, 11) is 0. The first kappa shape index (κ1) is 15.1. The molecule has 4 heteroatoms. The van der Waals surface area contributed by atoms with E-state index in [0.717, 1.165) is 38.1 Å². The number of rotatable bonds is 7. The second kappa shape index (κ2) is 7.50. The Kier molecular flexibility index (Phi) is 5.68. The Morgan fingerprint density at radius 3 is 3.00 bits per heavy atom. The van der Waals surface area contributed by atoms with Gasteiger partial charge in [-0.15, -0.1) is 0 Å². The highest BCUT2D eigenvalue weighted by Gasteiger charge is 2.25. The molecule has 0 saturated carbocycles. The highest BCUT2D eigenvalue weighted by molar-refractivity contribution is 5.41. The van der Waals surface area contributed by atoms with Crippen molar-refractivity contribution in [1.29, 1.82) is 0 Å². The van der Waals surface area contributed by atoms with Gasteiger partial charge in [0.25, 0.3) is 0 Å². The monoisotopic (exact) mass is 279 g/mol. The van der Waals surface area contributed by atoms with E-state index in [1.54, 1.807) is 6.07 Å². The highest BCUT2D eigenvalue weighted by atomic mass is 16.5. The molecule has 0 aromatic heterocycles. The van der Waals surface area contributed by atoms with E-state index in [4.69, 9.17) is 9.47 Å². The van der Waals surface area contributed by atoms with E-state index in [2.05, 4.69) is 12.2 Å². The molecule has 0 amide bonds. The lowest BCUT2D eigenvalue weighted by Crippen LogP contribution is -2.27. The molecular weight excluding hydrogens is 254 g/mol. The number of nitrogens with one attached hydrogen (secondary N) is 1. The van der Waals surface area contributed by atoms with Gasteiger partial charge in [-0.2, -0.15) is 0 Å². The van der Waals surface area contributed by atoms with E-state index in [1.165, 1.54) is 0 Å². The fourth-order valence-corrected chi connectivity index (χ4v) is 2.72. The van der Waals surface area contributed by atoms with E-state index >= 15 is 0 Å². The van der Waals surface area contributed by atoms with E-state index in [1.807, 2.05) is 19.1 Å². The molecule has 1 fully saturated rings. The Morgan fingerprint density at radius 2 is 2.25 bits per heavy atom. The first-order valence-electron chi connectivity index (χ1n) is 7.51. The Morgan fingerprint density at radius 1 is 1.40 bits per heavy atom. The molecule has 112 valence electrons. The van der Waals surface area contributed by atoms with Crippen molar-refractivity contribution in [3.8, 4) is 11.5 Å². The van der Waals surface area contributed by atoms with Crippen LogP contribution >= 0.6 is 0 Å². The molecule has 2 rings (SSSR count). The van der Waals surface area contributed by atoms with Crippen molar-refractivity contribution in [3.63, 3.8) is 0 Å². The van der Waals surface area contributed by atoms with Gasteiger partial charge in [-0.3, -0.25) is 0 Å². The van der Waals surface area contributed by atoms with Crippen molar-refractivity contribution >= 4 is 0 Å². The number of ether oxygens (including phenoxy) is 2. The summed E-state index contributed by atoms with van der Waals surface area (Å²) in [5.41, 5.74) is 1.12. The van der Waals surface area contributed by atoms with Crippen LogP contribution in [0.3, 0.4) is 0 Å². The van der Waals surface area contributed by atoms with Crippen molar-refractivity contribution in [2.24, 2.45) is 5.92 Å². The maximum Gasteiger partial charge on any atom is 0.161 e. The predicted molar refractivity (Wildman–Crippen MR) is 79.1 cm³/mol. The molecule has 1 aromatic carbocycles. The molecule has 1 saturated heterocycles. The molecule has 2 unspecified atom stereocenters. The number of phenols is 1. The van der Waals surface area contributed by atoms with Gasteiger partial charge in [0, 0.05) is 19.7 Å². The van der Waals surface area contributed by atoms with Crippen LogP contribution in [0.5, 0.6) is 11.5 Å². The van der Waals surface area contributed by atoms with E-state index < -0.39 is 0 Å². The van der Waals surface area contributed by atoms with Crippen molar-refractivity contribution < 1.29 is 14.6 Å². The van der Waals surface area contributed by atoms with E-state index in [-0.39, 0.29) is 5.75 Å². The normalized spacial score (nSPS) is 22.1. The fourth-order valence-electron chi connectivity index (χ4n) is 2.72. The third-order valence-corrected chi connectivity index (χ3v) is 3.81. The highest BCUT2D eigenvalue weighted by Crippen LogP contribution is 2.27. The number of phenolic OH excluding ortho intramolecular Hbond substituents is 1. The molecule has 1 aliphatic rings. The first-order chi connectivity index (χ1) is 9.74. The molecule has 1 aromatic rings. The quantitative estimate of drug-likeness (QED) is 0.805. The van der Waals surface area contributed by atoms with Gasteiger partial charge in [0.15, 0.2) is 11.5 Å².